The van der Waals surface area contributed by atoms with Gasteiger partial charge in [-0.15, -0.1) is 11.3 Å². The summed E-state index contributed by atoms with van der Waals surface area (Å²) in [4.78, 5) is 24.9. The second kappa shape index (κ2) is 7.70. The molecule has 0 saturated carbocycles. The first-order valence-electron chi connectivity index (χ1n) is 8.11. The molecule has 3 rings (SSSR count). The van der Waals surface area contributed by atoms with Crippen LogP contribution in [0.3, 0.4) is 0 Å². The van der Waals surface area contributed by atoms with E-state index < -0.39 is 22.6 Å². The lowest BCUT2D eigenvalue weighted by Gasteiger charge is -2.09. The average molecular weight is 419 g/mol. The molecule has 0 aliphatic carbocycles. The lowest BCUT2D eigenvalue weighted by molar-refractivity contribution is 0.0475. The fraction of sp³-hybridized carbons (Fsp3) is 0.158. The number of Topliss-reactive ketones (excluding diaryl/α,β-unsaturated/α-hetero) is 1. The third kappa shape index (κ3) is 3.91. The third-order valence-corrected chi connectivity index (χ3v) is 6.38. The van der Waals surface area contributed by atoms with Crippen LogP contribution in [0.1, 0.15) is 25.6 Å². The van der Waals surface area contributed by atoms with Gasteiger partial charge >= 0.3 is 5.97 Å². The number of thiophene rings is 1. The van der Waals surface area contributed by atoms with Crippen LogP contribution < -0.4 is 9.88 Å². The van der Waals surface area contributed by atoms with Gasteiger partial charge in [0.25, 0.3) is 0 Å². The van der Waals surface area contributed by atoms with E-state index in [-0.39, 0.29) is 22.0 Å². The van der Waals surface area contributed by atoms with Gasteiger partial charge in [0.2, 0.25) is 15.8 Å². The molecule has 146 valence electrons. The summed E-state index contributed by atoms with van der Waals surface area (Å²) in [6.07, 6.45) is 0. The van der Waals surface area contributed by atoms with Gasteiger partial charge in [0.15, 0.2) is 6.61 Å². The first kappa shape index (κ1) is 20.0. The Labute approximate surface area is 165 Å². The van der Waals surface area contributed by atoms with E-state index in [4.69, 9.17) is 14.6 Å². The molecule has 1 aromatic heterocycles. The summed E-state index contributed by atoms with van der Waals surface area (Å²) in [6.45, 7) is 1.39. The van der Waals surface area contributed by atoms with Crippen LogP contribution in [0.15, 0.2) is 47.4 Å². The van der Waals surface area contributed by atoms with Gasteiger partial charge in [0.1, 0.15) is 10.6 Å². The molecular weight excluding hydrogens is 402 g/mol. The van der Waals surface area contributed by atoms with Crippen molar-refractivity contribution in [2.45, 2.75) is 11.8 Å². The smallest absolute Gasteiger partial charge is 0.338 e. The summed E-state index contributed by atoms with van der Waals surface area (Å²) >= 11 is 1.34. The van der Waals surface area contributed by atoms with Gasteiger partial charge in [-0.3, -0.25) is 4.79 Å². The number of esters is 1. The summed E-state index contributed by atoms with van der Waals surface area (Å²) in [5, 5.41) is 6.12. The molecule has 0 bridgehead atoms. The number of rotatable bonds is 6. The summed E-state index contributed by atoms with van der Waals surface area (Å²) in [5.41, 5.74) is 0.785. The Balaban J connectivity index is 1.78. The molecule has 7 nitrogen and oxygen atoms in total. The van der Waals surface area contributed by atoms with E-state index in [2.05, 4.69) is 0 Å². The minimum absolute atomic E-state index is 0.0102. The number of fused-ring (bicyclic) bond motifs is 1. The molecule has 0 spiro atoms. The van der Waals surface area contributed by atoms with Crippen molar-refractivity contribution < 1.29 is 27.5 Å². The maximum absolute atomic E-state index is 12.5. The number of aryl methyl sites for hydroxylation is 1. The molecule has 0 radical (unpaired) electrons. The Morgan fingerprint density at radius 3 is 2.50 bits per heavy atom. The number of carbonyl (C=O) groups excluding carboxylic acids is 2. The summed E-state index contributed by atoms with van der Waals surface area (Å²) in [7, 11) is -2.81. The Morgan fingerprint density at radius 1 is 1.14 bits per heavy atom. The zero-order valence-electron chi connectivity index (χ0n) is 15.1. The van der Waals surface area contributed by atoms with E-state index in [1.165, 1.54) is 30.6 Å². The zero-order chi connectivity index (χ0) is 20.5. The Bertz CT molecular complexity index is 1180. The summed E-state index contributed by atoms with van der Waals surface area (Å²) in [5.74, 6) is -1.15. The largest absolute Gasteiger partial charge is 0.495 e. The Hall–Kier alpha value is -2.75. The van der Waals surface area contributed by atoms with Crippen molar-refractivity contribution in [3.8, 4) is 5.75 Å². The fourth-order valence-corrected chi connectivity index (χ4v) is 4.60. The number of hydrogen-bond acceptors (Lipinski definition) is 7. The highest BCUT2D eigenvalue weighted by molar-refractivity contribution is 7.89. The molecule has 0 amide bonds. The molecule has 0 aliphatic heterocycles. The number of primary sulfonamides is 1. The van der Waals surface area contributed by atoms with E-state index in [9.17, 15) is 18.0 Å². The minimum atomic E-state index is -4.09. The van der Waals surface area contributed by atoms with Crippen LogP contribution in [-0.2, 0) is 14.8 Å². The van der Waals surface area contributed by atoms with Crippen molar-refractivity contribution >= 4 is 43.2 Å². The molecule has 3 aromatic rings. The molecule has 0 saturated heterocycles. The first-order chi connectivity index (χ1) is 13.2. The molecule has 2 aromatic carbocycles. The van der Waals surface area contributed by atoms with Crippen LogP contribution in [0, 0.1) is 6.92 Å². The number of carbonyl (C=O) groups is 2. The monoisotopic (exact) mass is 419 g/mol. The molecule has 2 N–H and O–H groups in total. The van der Waals surface area contributed by atoms with Crippen molar-refractivity contribution in [1.29, 1.82) is 0 Å². The van der Waals surface area contributed by atoms with E-state index >= 15 is 0 Å². The number of sulfonamides is 1. The van der Waals surface area contributed by atoms with Crippen molar-refractivity contribution in [3.05, 3.63) is 58.5 Å². The highest BCUT2D eigenvalue weighted by Crippen LogP contribution is 2.31. The van der Waals surface area contributed by atoms with Crippen LogP contribution in [0.5, 0.6) is 5.75 Å². The maximum atomic E-state index is 12.5. The molecule has 0 aliphatic rings. The first-order valence-corrected chi connectivity index (χ1v) is 10.5. The van der Waals surface area contributed by atoms with Crippen molar-refractivity contribution in [2.24, 2.45) is 5.14 Å². The van der Waals surface area contributed by atoms with Crippen LogP contribution in [0.4, 0.5) is 0 Å². The number of ether oxygens (including phenoxy) is 2. The second-order valence-electron chi connectivity index (χ2n) is 5.96. The molecule has 28 heavy (non-hydrogen) atoms. The number of ketones is 1. The average Bonchev–Trinajstić information content (AvgIpc) is 3.01. The Kier molecular flexibility index (Phi) is 5.50. The minimum Gasteiger partial charge on any atom is -0.495 e. The number of methoxy groups -OCH3 is 1. The van der Waals surface area contributed by atoms with Crippen LogP contribution in [-0.4, -0.2) is 33.9 Å². The lowest BCUT2D eigenvalue weighted by Crippen LogP contribution is -2.17. The van der Waals surface area contributed by atoms with Crippen molar-refractivity contribution in [3.63, 3.8) is 0 Å². The van der Waals surface area contributed by atoms with Gasteiger partial charge in [-0.2, -0.15) is 0 Å². The van der Waals surface area contributed by atoms with E-state index in [1.807, 2.05) is 31.2 Å². The second-order valence-corrected chi connectivity index (χ2v) is 8.54. The van der Waals surface area contributed by atoms with E-state index in [1.54, 1.807) is 0 Å². The summed E-state index contributed by atoms with van der Waals surface area (Å²) in [6, 6.07) is 11.3. The van der Waals surface area contributed by atoms with Crippen molar-refractivity contribution in [2.75, 3.05) is 13.7 Å². The van der Waals surface area contributed by atoms with Crippen molar-refractivity contribution in [1.82, 2.24) is 0 Å². The molecule has 1 heterocycles. The Morgan fingerprint density at radius 2 is 1.86 bits per heavy atom. The topological polar surface area (TPSA) is 113 Å². The highest BCUT2D eigenvalue weighted by atomic mass is 32.2. The quantitative estimate of drug-likeness (QED) is 0.486. The zero-order valence-corrected chi connectivity index (χ0v) is 16.7. The molecule has 0 fully saturated rings. The third-order valence-electron chi connectivity index (χ3n) is 4.14. The predicted molar refractivity (Wildman–Crippen MR) is 106 cm³/mol. The van der Waals surface area contributed by atoms with Crippen LogP contribution in [0.25, 0.3) is 10.1 Å². The van der Waals surface area contributed by atoms with E-state index in [0.717, 1.165) is 21.7 Å². The SMILES string of the molecule is COc1ccc(C(=O)OCC(=O)c2sc3ccccc3c2C)cc1S(N)(=O)=O. The van der Waals surface area contributed by atoms with Gasteiger partial charge in [0, 0.05) is 4.70 Å². The van der Waals surface area contributed by atoms with Gasteiger partial charge in [-0.1, -0.05) is 18.2 Å². The normalized spacial score (nSPS) is 11.4. The van der Waals surface area contributed by atoms with Crippen LogP contribution in [0.2, 0.25) is 0 Å². The molecule has 9 heteroatoms. The van der Waals surface area contributed by atoms with Gasteiger partial charge in [0.05, 0.1) is 17.6 Å². The highest BCUT2D eigenvalue weighted by Gasteiger charge is 2.21. The standard InChI is InChI=1S/C19H17NO6S2/c1-11-13-5-3-4-6-16(13)27-18(11)14(21)10-26-19(22)12-7-8-15(25-2)17(9-12)28(20,23)24/h3-9H,10H2,1-2H3,(H2,20,23,24). The fourth-order valence-electron chi connectivity index (χ4n) is 2.75. The molecule has 0 unspecified atom stereocenters. The number of hydrogen-bond donors (Lipinski definition) is 1. The summed E-state index contributed by atoms with van der Waals surface area (Å²) < 4.78 is 34.3. The van der Waals surface area contributed by atoms with Crippen LogP contribution >= 0.6 is 11.3 Å². The van der Waals surface area contributed by atoms with Gasteiger partial charge < -0.3 is 9.47 Å². The number of benzene rings is 2. The van der Waals surface area contributed by atoms with E-state index in [0.29, 0.717) is 4.88 Å². The lowest BCUT2D eigenvalue weighted by atomic mass is 10.1. The van der Waals surface area contributed by atoms with Gasteiger partial charge in [-0.25, -0.2) is 18.4 Å². The maximum Gasteiger partial charge on any atom is 0.338 e. The predicted octanol–water partition coefficient (Wildman–Crippen LogP) is 2.91. The van der Waals surface area contributed by atoms with Gasteiger partial charge in [-0.05, 0) is 42.1 Å². The molecular formula is C19H17NO6S2. The molecule has 0 atom stereocenters. The number of nitrogens with two attached hydrogens (primary N) is 1.